The summed E-state index contributed by atoms with van der Waals surface area (Å²) in [5.74, 6) is -1.82. The molecule has 148 valence electrons. The van der Waals surface area contributed by atoms with Gasteiger partial charge in [-0.3, -0.25) is 9.59 Å². The third-order valence-corrected chi connectivity index (χ3v) is 8.10. The molecule has 5 heteroatoms. The Labute approximate surface area is 160 Å². The Morgan fingerprint density at radius 1 is 1.22 bits per heavy atom. The van der Waals surface area contributed by atoms with Crippen LogP contribution in [-0.4, -0.2) is 38.8 Å². The molecule has 5 nitrogen and oxygen atoms in total. The van der Waals surface area contributed by atoms with E-state index in [-0.39, 0.29) is 41.3 Å². The Bertz CT molecular complexity index is 808. The maximum absolute atomic E-state index is 12.8. The number of ether oxygens (including phenoxy) is 1. The fraction of sp³-hybridized carbons (Fsp3) is 0.727. The monoisotopic (exact) mass is 374 g/mol. The Kier molecular flexibility index (Phi) is 3.58. The zero-order valence-corrected chi connectivity index (χ0v) is 17.0. The number of rotatable bonds is 1. The molecule has 2 saturated carbocycles. The fourth-order valence-corrected chi connectivity index (χ4v) is 6.88. The number of fused-ring (bicyclic) bond motifs is 5. The summed E-state index contributed by atoms with van der Waals surface area (Å²) in [4.78, 5) is 24.6. The smallest absolute Gasteiger partial charge is 0.303 e. The van der Waals surface area contributed by atoms with E-state index in [0.29, 0.717) is 12.0 Å². The van der Waals surface area contributed by atoms with E-state index >= 15 is 0 Å². The van der Waals surface area contributed by atoms with Crippen molar-refractivity contribution in [2.75, 3.05) is 0 Å². The van der Waals surface area contributed by atoms with Crippen LogP contribution < -0.4 is 0 Å². The minimum absolute atomic E-state index is 0.0446. The van der Waals surface area contributed by atoms with Gasteiger partial charge in [0.1, 0.15) is 11.2 Å². The van der Waals surface area contributed by atoms with Crippen LogP contribution in [0.5, 0.6) is 0 Å². The second-order valence-electron chi connectivity index (χ2n) is 9.97. The number of carbonyl (C=O) groups is 2. The van der Waals surface area contributed by atoms with Crippen LogP contribution >= 0.6 is 0 Å². The molecule has 2 N–H and O–H groups in total. The van der Waals surface area contributed by atoms with Gasteiger partial charge in [-0.25, -0.2) is 0 Å². The van der Waals surface area contributed by atoms with E-state index in [9.17, 15) is 19.8 Å². The summed E-state index contributed by atoms with van der Waals surface area (Å²) >= 11 is 0. The molecule has 7 unspecified atom stereocenters. The summed E-state index contributed by atoms with van der Waals surface area (Å²) in [7, 11) is 0. The highest BCUT2D eigenvalue weighted by Gasteiger charge is 2.83. The van der Waals surface area contributed by atoms with Crippen LogP contribution in [0.15, 0.2) is 23.3 Å². The van der Waals surface area contributed by atoms with Crippen molar-refractivity contribution in [1.82, 2.24) is 0 Å². The normalized spacial score (nSPS) is 49.9. The predicted octanol–water partition coefficient (Wildman–Crippen LogP) is 2.56. The second kappa shape index (κ2) is 5.12. The van der Waals surface area contributed by atoms with Crippen LogP contribution in [0, 0.1) is 29.1 Å². The molecule has 0 aromatic carbocycles. The number of Topliss-reactive ketones (excluding diaryl/α,β-unsaturated/α-hetero) is 1. The Morgan fingerprint density at radius 2 is 1.85 bits per heavy atom. The first-order chi connectivity index (χ1) is 12.3. The molecule has 0 heterocycles. The zero-order chi connectivity index (χ0) is 20.2. The van der Waals surface area contributed by atoms with Crippen LogP contribution in [0.2, 0.25) is 0 Å². The van der Waals surface area contributed by atoms with Crippen LogP contribution in [0.4, 0.5) is 0 Å². The highest BCUT2D eigenvalue weighted by Crippen LogP contribution is 2.76. The molecule has 7 atom stereocenters. The molecule has 0 aromatic rings. The van der Waals surface area contributed by atoms with E-state index in [2.05, 4.69) is 13.8 Å². The van der Waals surface area contributed by atoms with Gasteiger partial charge < -0.3 is 14.9 Å². The van der Waals surface area contributed by atoms with E-state index in [1.807, 2.05) is 19.9 Å². The third kappa shape index (κ3) is 2.02. The lowest BCUT2D eigenvalue weighted by molar-refractivity contribution is -0.186. The molecular formula is C22H30O5. The third-order valence-electron chi connectivity index (χ3n) is 8.10. The summed E-state index contributed by atoms with van der Waals surface area (Å²) < 4.78 is 5.86. The molecule has 0 radical (unpaired) electrons. The average molecular weight is 374 g/mol. The van der Waals surface area contributed by atoms with E-state index in [4.69, 9.17) is 4.74 Å². The number of esters is 1. The quantitative estimate of drug-likeness (QED) is 0.544. The van der Waals surface area contributed by atoms with Gasteiger partial charge in [-0.15, -0.1) is 0 Å². The van der Waals surface area contributed by atoms with Gasteiger partial charge in [0.2, 0.25) is 0 Å². The van der Waals surface area contributed by atoms with Gasteiger partial charge in [-0.2, -0.15) is 0 Å². The van der Waals surface area contributed by atoms with Gasteiger partial charge in [-0.1, -0.05) is 38.5 Å². The van der Waals surface area contributed by atoms with Crippen molar-refractivity contribution in [2.45, 2.75) is 71.2 Å². The number of carbonyl (C=O) groups excluding carboxylic acids is 2. The van der Waals surface area contributed by atoms with Crippen LogP contribution in [-0.2, 0) is 14.3 Å². The molecule has 0 bridgehead atoms. The topological polar surface area (TPSA) is 83.8 Å². The highest BCUT2D eigenvalue weighted by molar-refractivity contribution is 6.04. The van der Waals surface area contributed by atoms with Gasteiger partial charge >= 0.3 is 5.97 Å². The van der Waals surface area contributed by atoms with Crippen molar-refractivity contribution < 1.29 is 24.5 Å². The van der Waals surface area contributed by atoms with E-state index in [1.54, 1.807) is 13.0 Å². The first kappa shape index (κ1) is 18.9. The Balaban J connectivity index is 1.88. The minimum atomic E-state index is -1.59. The van der Waals surface area contributed by atoms with Crippen molar-refractivity contribution in [3.8, 4) is 0 Å². The second-order valence-corrected chi connectivity index (χ2v) is 9.97. The maximum Gasteiger partial charge on any atom is 0.303 e. The first-order valence-corrected chi connectivity index (χ1v) is 9.87. The Morgan fingerprint density at radius 3 is 2.44 bits per heavy atom. The van der Waals surface area contributed by atoms with Crippen LogP contribution in [0.25, 0.3) is 0 Å². The SMILES string of the molecule is CC(=O)OC12CC(C)C3(O)C(C=C(C)CC4(O)C(=O)C(C)=CC43)C1C2(C)C. The number of hydrogen-bond donors (Lipinski definition) is 2. The standard InChI is InChI=1S/C22H30O5/c1-11-7-15-17-19(5,6)21(17,27-14(4)23)10-13(3)22(15,26)16-8-12(2)18(24)20(16,25)9-11/h7-8,13,15-17,25-26H,9-10H2,1-6H3. The molecule has 0 aliphatic heterocycles. The van der Waals surface area contributed by atoms with Crippen LogP contribution in [0.3, 0.4) is 0 Å². The number of hydrogen-bond acceptors (Lipinski definition) is 5. The highest BCUT2D eigenvalue weighted by atomic mass is 16.6. The maximum atomic E-state index is 12.8. The van der Waals surface area contributed by atoms with E-state index < -0.39 is 22.7 Å². The van der Waals surface area contributed by atoms with Crippen molar-refractivity contribution in [1.29, 1.82) is 0 Å². The molecule has 4 rings (SSSR count). The van der Waals surface area contributed by atoms with Crippen molar-refractivity contribution in [3.63, 3.8) is 0 Å². The predicted molar refractivity (Wildman–Crippen MR) is 99.6 cm³/mol. The number of ketones is 1. The molecule has 0 saturated heterocycles. The summed E-state index contributed by atoms with van der Waals surface area (Å²) in [6.45, 7) is 11.2. The molecule has 0 amide bonds. The van der Waals surface area contributed by atoms with Crippen LogP contribution in [0.1, 0.15) is 54.4 Å². The largest absolute Gasteiger partial charge is 0.458 e. The van der Waals surface area contributed by atoms with E-state index in [1.165, 1.54) is 6.92 Å². The average Bonchev–Trinajstić information content (AvgIpc) is 2.92. The molecule has 0 aromatic heterocycles. The minimum Gasteiger partial charge on any atom is -0.458 e. The van der Waals surface area contributed by atoms with Gasteiger partial charge in [0.05, 0.1) is 5.60 Å². The molecular weight excluding hydrogens is 344 g/mol. The molecule has 27 heavy (non-hydrogen) atoms. The zero-order valence-electron chi connectivity index (χ0n) is 17.0. The lowest BCUT2D eigenvalue weighted by atomic mass is 9.60. The van der Waals surface area contributed by atoms with Gasteiger partial charge in [0.25, 0.3) is 0 Å². The molecule has 0 spiro atoms. The summed E-state index contributed by atoms with van der Waals surface area (Å²) in [6.07, 6.45) is 4.55. The van der Waals surface area contributed by atoms with Crippen molar-refractivity contribution >= 4 is 11.8 Å². The number of aliphatic hydroxyl groups is 2. The van der Waals surface area contributed by atoms with Gasteiger partial charge in [0, 0.05) is 36.5 Å². The lowest BCUT2D eigenvalue weighted by Crippen LogP contribution is -2.61. The molecule has 2 fully saturated rings. The molecule has 4 aliphatic carbocycles. The van der Waals surface area contributed by atoms with Gasteiger partial charge in [-0.05, 0) is 31.8 Å². The van der Waals surface area contributed by atoms with Crippen molar-refractivity contribution in [2.24, 2.45) is 29.1 Å². The summed E-state index contributed by atoms with van der Waals surface area (Å²) in [5, 5.41) is 23.4. The Hall–Kier alpha value is -1.46. The lowest BCUT2D eigenvalue weighted by Gasteiger charge is -2.50. The van der Waals surface area contributed by atoms with E-state index in [0.717, 1.165) is 5.57 Å². The summed E-state index contributed by atoms with van der Waals surface area (Å²) in [5.41, 5.74) is -2.32. The fourth-order valence-electron chi connectivity index (χ4n) is 6.88. The van der Waals surface area contributed by atoms with Gasteiger partial charge in [0.15, 0.2) is 5.78 Å². The van der Waals surface area contributed by atoms with Crippen molar-refractivity contribution in [3.05, 3.63) is 23.3 Å². The summed E-state index contributed by atoms with van der Waals surface area (Å²) in [6, 6.07) is 0. The first-order valence-electron chi connectivity index (χ1n) is 9.87. The molecule has 4 aliphatic rings.